The number of phenolic OH excluding ortho intramolecular Hbond substituents is 1. The Bertz CT molecular complexity index is 2360. The van der Waals surface area contributed by atoms with E-state index in [-0.39, 0.29) is 67.7 Å². The number of carbonyl (C=O) groups excluding carboxylic acids is 6. The number of carbonyl (C=O) groups is 7. The molecule has 67 heavy (non-hydrogen) atoms. The van der Waals surface area contributed by atoms with Crippen LogP contribution in [0.1, 0.15) is 76.5 Å². The first-order chi connectivity index (χ1) is 31.9. The summed E-state index contributed by atoms with van der Waals surface area (Å²) in [5, 5.41) is 37.7. The summed E-state index contributed by atoms with van der Waals surface area (Å²) in [5.41, 5.74) is 2.58. The second-order valence-electron chi connectivity index (χ2n) is 18.0. The fourth-order valence-corrected chi connectivity index (χ4v) is 8.29. The number of carboxylic acid groups (broad SMARTS) is 1. The van der Waals surface area contributed by atoms with E-state index in [9.17, 15) is 43.8 Å². The smallest absolute Gasteiger partial charge is 0.326 e. The van der Waals surface area contributed by atoms with E-state index >= 15 is 0 Å². The number of halogens is 1. The Morgan fingerprint density at radius 1 is 0.776 bits per heavy atom. The number of aromatic amines is 1. The highest BCUT2D eigenvalue weighted by molar-refractivity contribution is 6.32. The summed E-state index contributed by atoms with van der Waals surface area (Å²) in [4.78, 5) is 102. The molecule has 0 saturated carbocycles. The lowest BCUT2D eigenvalue weighted by Crippen LogP contribution is -2.60. The second kappa shape index (κ2) is 24.2. The number of benzene rings is 3. The molecule has 0 bridgehead atoms. The summed E-state index contributed by atoms with van der Waals surface area (Å²) < 4.78 is 0. The molecule has 1 saturated heterocycles. The molecule has 1 fully saturated rings. The predicted molar refractivity (Wildman–Crippen MR) is 254 cm³/mol. The molecule has 0 aliphatic carbocycles. The van der Waals surface area contributed by atoms with Crippen LogP contribution in [0.3, 0.4) is 0 Å². The minimum atomic E-state index is -1.32. The first kappa shape index (κ1) is 51.4. The predicted octanol–water partition coefficient (Wildman–Crippen LogP) is 4.35. The Labute approximate surface area is 395 Å². The molecule has 1 aromatic heterocycles. The molecule has 3 aromatic carbocycles. The van der Waals surface area contributed by atoms with E-state index in [1.807, 2.05) is 58.0 Å². The van der Waals surface area contributed by atoms with Crippen LogP contribution in [0.4, 0.5) is 4.79 Å². The standard InChI is InChI=1S/C49H63ClN8O9/c1-28(2)20-37-45(62)55-39(21-29(3)4)47(64)58(5)41(24-32-27-52-36-26-34(50)42(59)25-33(32)36)46(63)54-38(22-30-14-8-6-9-15-30)43(60)51-19-13-12-18-35(44(61)53-37)56-49(67)57-40(48(65)66)23-31-16-10-7-11-17-31/h6-11,14-17,25-29,35,37-41,52,59H,12-13,18-24H2,1-5H3,(H,51,60)(H,53,61)(H,54,63)(H,55,62)(H,65,66)(H2,56,57,67). The Morgan fingerprint density at radius 2 is 1.39 bits per heavy atom. The zero-order valence-electron chi connectivity index (χ0n) is 38.6. The number of likely N-dealkylation sites (N-methyl/N-ethyl adjacent to an activating group) is 1. The first-order valence-corrected chi connectivity index (χ1v) is 23.1. The number of aliphatic carboxylic acids is 1. The average Bonchev–Trinajstić information content (AvgIpc) is 3.66. The number of hydrogen-bond donors (Lipinski definition) is 9. The largest absolute Gasteiger partial charge is 0.506 e. The third kappa shape index (κ3) is 14.9. The zero-order valence-corrected chi connectivity index (χ0v) is 39.3. The number of fused-ring (bicyclic) bond motifs is 1. The molecule has 18 heteroatoms. The van der Waals surface area contributed by atoms with Gasteiger partial charge in [-0.2, -0.15) is 0 Å². The van der Waals surface area contributed by atoms with Crippen LogP contribution in [0.2, 0.25) is 5.02 Å². The van der Waals surface area contributed by atoms with Gasteiger partial charge in [0.05, 0.1) is 5.02 Å². The fraction of sp³-hybridized carbons (Fsp3) is 0.449. The van der Waals surface area contributed by atoms with E-state index < -0.39 is 77.8 Å². The third-order valence-electron chi connectivity index (χ3n) is 11.7. The molecular formula is C49H63ClN8O9. The maximum atomic E-state index is 14.8. The van der Waals surface area contributed by atoms with Crippen molar-refractivity contribution in [1.82, 2.24) is 41.8 Å². The molecule has 0 radical (unpaired) electrons. The van der Waals surface area contributed by atoms with Crippen molar-refractivity contribution in [1.29, 1.82) is 0 Å². The number of hydrogen-bond acceptors (Lipinski definition) is 8. The number of nitrogens with one attached hydrogen (secondary N) is 7. The summed E-state index contributed by atoms with van der Waals surface area (Å²) >= 11 is 6.20. The van der Waals surface area contributed by atoms with Gasteiger partial charge in [0.25, 0.3) is 0 Å². The summed E-state index contributed by atoms with van der Waals surface area (Å²) in [6.07, 6.45) is 2.67. The van der Waals surface area contributed by atoms with Crippen molar-refractivity contribution < 1.29 is 43.8 Å². The molecule has 1 aliphatic heterocycles. The SMILES string of the molecule is CC(C)CC1NC(=O)C(NC(=O)NC(Cc2ccccc2)C(=O)O)CCCCNC(=O)C(Cc2ccccc2)NC(=O)C(Cc2c[nH]c3cc(Cl)c(O)cc23)N(C)C(=O)C(CC(C)C)NC1=O. The van der Waals surface area contributed by atoms with Crippen LogP contribution in [-0.2, 0) is 48.0 Å². The molecule has 0 spiro atoms. The molecule has 7 amide bonds. The van der Waals surface area contributed by atoms with Crippen LogP contribution < -0.4 is 31.9 Å². The van der Waals surface area contributed by atoms with Crippen LogP contribution in [-0.4, -0.2) is 111 Å². The van der Waals surface area contributed by atoms with E-state index in [2.05, 4.69) is 36.9 Å². The van der Waals surface area contributed by atoms with Crippen LogP contribution in [0, 0.1) is 11.8 Å². The van der Waals surface area contributed by atoms with Crippen molar-refractivity contribution in [2.45, 2.75) is 115 Å². The number of urea groups is 1. The summed E-state index contributed by atoms with van der Waals surface area (Å²) in [5.74, 6) is -4.81. The molecule has 9 N–H and O–H groups in total. The monoisotopic (exact) mass is 942 g/mol. The lowest BCUT2D eigenvalue weighted by molar-refractivity contribution is -0.143. The summed E-state index contributed by atoms with van der Waals surface area (Å²) in [6, 6.07) is 12.7. The maximum absolute atomic E-state index is 14.8. The average molecular weight is 944 g/mol. The highest BCUT2D eigenvalue weighted by Gasteiger charge is 2.37. The van der Waals surface area contributed by atoms with Crippen LogP contribution in [0.15, 0.2) is 79.0 Å². The van der Waals surface area contributed by atoms with Crippen LogP contribution >= 0.6 is 11.6 Å². The van der Waals surface area contributed by atoms with Gasteiger partial charge in [-0.3, -0.25) is 24.0 Å². The second-order valence-corrected chi connectivity index (χ2v) is 18.4. The highest BCUT2D eigenvalue weighted by atomic mass is 35.5. The number of H-pyrrole nitrogens is 1. The van der Waals surface area contributed by atoms with Crippen molar-refractivity contribution in [3.05, 3.63) is 101 Å². The number of amides is 7. The van der Waals surface area contributed by atoms with Crippen molar-refractivity contribution in [2.75, 3.05) is 13.6 Å². The van der Waals surface area contributed by atoms with Crippen molar-refractivity contribution in [3.8, 4) is 5.75 Å². The topological polar surface area (TPSA) is 251 Å². The Kier molecular flexibility index (Phi) is 18.6. The highest BCUT2D eigenvalue weighted by Crippen LogP contribution is 2.31. The molecule has 5 rings (SSSR count). The number of rotatable bonds is 13. The molecule has 6 atom stereocenters. The molecule has 4 aromatic rings. The molecular weight excluding hydrogens is 880 g/mol. The first-order valence-electron chi connectivity index (χ1n) is 22.7. The van der Waals surface area contributed by atoms with Crippen LogP contribution in [0.25, 0.3) is 10.9 Å². The van der Waals surface area contributed by atoms with Crippen molar-refractivity contribution in [3.63, 3.8) is 0 Å². The number of nitrogens with zero attached hydrogens (tertiary/aromatic N) is 1. The van der Waals surface area contributed by atoms with Gasteiger partial charge in [-0.1, -0.05) is 100.0 Å². The van der Waals surface area contributed by atoms with Gasteiger partial charge in [0, 0.05) is 50.0 Å². The Hall–Kier alpha value is -6.62. The van der Waals surface area contributed by atoms with Crippen molar-refractivity contribution in [2.24, 2.45) is 11.8 Å². The minimum Gasteiger partial charge on any atom is -0.506 e. The van der Waals surface area contributed by atoms with E-state index in [0.717, 1.165) is 5.56 Å². The van der Waals surface area contributed by atoms with Gasteiger partial charge >= 0.3 is 12.0 Å². The summed E-state index contributed by atoms with van der Waals surface area (Å²) in [7, 11) is 1.45. The van der Waals surface area contributed by atoms with Gasteiger partial charge in [0.15, 0.2) is 0 Å². The van der Waals surface area contributed by atoms with Gasteiger partial charge in [0.1, 0.15) is 42.0 Å². The molecule has 1 aliphatic rings. The number of aromatic hydroxyl groups is 1. The molecule has 17 nitrogen and oxygen atoms in total. The number of carboxylic acids is 1. The Morgan fingerprint density at radius 3 is 2.03 bits per heavy atom. The molecule has 360 valence electrons. The lowest BCUT2D eigenvalue weighted by atomic mass is 9.97. The minimum absolute atomic E-state index is 0.0163. The third-order valence-corrected chi connectivity index (χ3v) is 12.0. The van der Waals surface area contributed by atoms with Crippen LogP contribution in [0.5, 0.6) is 5.75 Å². The fourth-order valence-electron chi connectivity index (χ4n) is 8.12. The van der Waals surface area contributed by atoms with E-state index in [4.69, 9.17) is 11.6 Å². The molecule has 6 unspecified atom stereocenters. The van der Waals surface area contributed by atoms with Gasteiger partial charge in [-0.25, -0.2) is 9.59 Å². The molecule has 2 heterocycles. The van der Waals surface area contributed by atoms with E-state index in [1.54, 1.807) is 42.6 Å². The van der Waals surface area contributed by atoms with E-state index in [1.165, 1.54) is 18.0 Å². The number of aromatic nitrogens is 1. The van der Waals surface area contributed by atoms with Gasteiger partial charge in [-0.15, -0.1) is 0 Å². The maximum Gasteiger partial charge on any atom is 0.326 e. The zero-order chi connectivity index (χ0) is 48.8. The lowest BCUT2D eigenvalue weighted by Gasteiger charge is -2.33. The normalized spacial score (nSPS) is 21.0. The van der Waals surface area contributed by atoms with Gasteiger partial charge in [0.2, 0.25) is 29.5 Å². The van der Waals surface area contributed by atoms with Crippen molar-refractivity contribution >= 4 is 64.0 Å². The number of phenols is 1. The van der Waals surface area contributed by atoms with E-state index in [0.29, 0.717) is 34.9 Å². The quantitative estimate of drug-likeness (QED) is 0.0923. The van der Waals surface area contributed by atoms with Gasteiger partial charge in [-0.05, 0) is 72.8 Å². The summed E-state index contributed by atoms with van der Waals surface area (Å²) in [6.45, 7) is 7.59. The van der Waals surface area contributed by atoms with Gasteiger partial charge < -0.3 is 52.0 Å². The Balaban J connectivity index is 1.50.